The Hall–Kier alpha value is -3.09. The van der Waals surface area contributed by atoms with Crippen molar-refractivity contribution in [3.05, 3.63) is 59.4 Å². The van der Waals surface area contributed by atoms with E-state index in [0.717, 1.165) is 43.9 Å². The zero-order valence-electron chi connectivity index (χ0n) is 17.1. The van der Waals surface area contributed by atoms with Crippen LogP contribution in [0.25, 0.3) is 0 Å². The molecule has 3 rings (SSSR count). The molecule has 0 radical (unpaired) electrons. The molecule has 0 saturated carbocycles. The molecule has 0 unspecified atom stereocenters. The Balaban J connectivity index is 1.36. The van der Waals surface area contributed by atoms with Gasteiger partial charge in [-0.15, -0.1) is 0 Å². The van der Waals surface area contributed by atoms with E-state index in [1.54, 1.807) is 25.2 Å². The van der Waals surface area contributed by atoms with Gasteiger partial charge in [0.05, 0.1) is 13.2 Å². The molecule has 1 aliphatic heterocycles. The lowest BCUT2D eigenvalue weighted by Crippen LogP contribution is -2.44. The molecule has 1 aliphatic rings. The lowest BCUT2D eigenvalue weighted by Gasteiger charge is -2.18. The largest absolute Gasteiger partial charge is 0.493 e. The van der Waals surface area contributed by atoms with Crippen molar-refractivity contribution in [1.29, 1.82) is 0 Å². The monoisotopic (exact) mass is 395 g/mol. The SMILES string of the molecule is CN=C(NCCc1ccc2c(c1)CCO2)NCC(=O)N(C)CCc1ccccn1. The van der Waals surface area contributed by atoms with Crippen LogP contribution in [-0.2, 0) is 24.1 Å². The van der Waals surface area contributed by atoms with Crippen molar-refractivity contribution in [2.24, 2.45) is 4.99 Å². The first-order valence-electron chi connectivity index (χ1n) is 9.98. The topological polar surface area (TPSA) is 78.9 Å². The maximum Gasteiger partial charge on any atom is 0.241 e. The number of carbonyl (C=O) groups excluding carboxylic acids is 1. The number of hydrogen-bond donors (Lipinski definition) is 2. The maximum absolute atomic E-state index is 12.3. The Morgan fingerprint density at radius 2 is 2.14 bits per heavy atom. The van der Waals surface area contributed by atoms with E-state index in [0.29, 0.717) is 12.5 Å². The van der Waals surface area contributed by atoms with Gasteiger partial charge in [-0.25, -0.2) is 0 Å². The Morgan fingerprint density at radius 3 is 2.93 bits per heavy atom. The number of likely N-dealkylation sites (N-methyl/N-ethyl adjacent to an activating group) is 1. The van der Waals surface area contributed by atoms with Gasteiger partial charge in [0.15, 0.2) is 5.96 Å². The average Bonchev–Trinajstić information content (AvgIpc) is 3.22. The van der Waals surface area contributed by atoms with E-state index in [-0.39, 0.29) is 12.5 Å². The van der Waals surface area contributed by atoms with Gasteiger partial charge in [0.1, 0.15) is 5.75 Å². The number of ether oxygens (including phenoxy) is 1. The predicted molar refractivity (Wildman–Crippen MR) is 114 cm³/mol. The van der Waals surface area contributed by atoms with Crippen LogP contribution < -0.4 is 15.4 Å². The summed E-state index contributed by atoms with van der Waals surface area (Å²) in [7, 11) is 3.51. The van der Waals surface area contributed by atoms with Crippen LogP contribution in [0.3, 0.4) is 0 Å². The molecular formula is C22H29N5O2. The molecule has 1 aromatic heterocycles. The summed E-state index contributed by atoms with van der Waals surface area (Å²) in [6.45, 7) is 2.35. The Kier molecular flexibility index (Phi) is 7.44. The quantitative estimate of drug-likeness (QED) is 0.522. The number of amides is 1. The first-order chi connectivity index (χ1) is 14.2. The number of aromatic nitrogens is 1. The smallest absolute Gasteiger partial charge is 0.241 e. The van der Waals surface area contributed by atoms with Gasteiger partial charge in [-0.05, 0) is 35.7 Å². The number of fused-ring (bicyclic) bond motifs is 1. The predicted octanol–water partition coefficient (Wildman–Crippen LogP) is 1.43. The van der Waals surface area contributed by atoms with Crippen molar-refractivity contribution in [1.82, 2.24) is 20.5 Å². The number of carbonyl (C=O) groups is 1. The zero-order valence-corrected chi connectivity index (χ0v) is 17.1. The maximum atomic E-state index is 12.3. The van der Waals surface area contributed by atoms with E-state index in [1.807, 2.05) is 24.3 Å². The molecule has 2 heterocycles. The van der Waals surface area contributed by atoms with Gasteiger partial charge in [0.25, 0.3) is 0 Å². The van der Waals surface area contributed by atoms with Crippen molar-refractivity contribution in [2.45, 2.75) is 19.3 Å². The zero-order chi connectivity index (χ0) is 20.5. The van der Waals surface area contributed by atoms with Gasteiger partial charge in [-0.2, -0.15) is 0 Å². The lowest BCUT2D eigenvalue weighted by molar-refractivity contribution is -0.128. The number of nitrogens with zero attached hydrogens (tertiary/aromatic N) is 3. The highest BCUT2D eigenvalue weighted by molar-refractivity contribution is 5.86. The van der Waals surface area contributed by atoms with Crippen LogP contribution >= 0.6 is 0 Å². The Labute approximate surface area is 172 Å². The van der Waals surface area contributed by atoms with Crippen LogP contribution in [-0.4, -0.2) is 62.1 Å². The van der Waals surface area contributed by atoms with E-state index in [2.05, 4.69) is 32.7 Å². The van der Waals surface area contributed by atoms with E-state index < -0.39 is 0 Å². The van der Waals surface area contributed by atoms with Crippen LogP contribution in [0.5, 0.6) is 5.75 Å². The molecule has 1 amide bonds. The molecule has 0 atom stereocenters. The molecule has 0 spiro atoms. The average molecular weight is 396 g/mol. The molecule has 0 bridgehead atoms. The molecule has 7 nitrogen and oxygen atoms in total. The minimum Gasteiger partial charge on any atom is -0.493 e. The van der Waals surface area contributed by atoms with Gasteiger partial charge in [-0.1, -0.05) is 18.2 Å². The molecule has 2 aromatic rings. The fourth-order valence-corrected chi connectivity index (χ4v) is 3.19. The molecule has 2 N–H and O–H groups in total. The number of hydrogen-bond acceptors (Lipinski definition) is 4. The minimum atomic E-state index is 0.0162. The van der Waals surface area contributed by atoms with Crippen LogP contribution in [0.15, 0.2) is 47.6 Å². The first-order valence-corrected chi connectivity index (χ1v) is 9.98. The summed E-state index contributed by atoms with van der Waals surface area (Å²) in [6, 6.07) is 12.2. The summed E-state index contributed by atoms with van der Waals surface area (Å²) in [5.74, 6) is 1.65. The van der Waals surface area contributed by atoms with Gasteiger partial charge >= 0.3 is 0 Å². The summed E-state index contributed by atoms with van der Waals surface area (Å²) >= 11 is 0. The second-order valence-corrected chi connectivity index (χ2v) is 7.03. The summed E-state index contributed by atoms with van der Waals surface area (Å²) in [6.07, 6.45) is 4.37. The second-order valence-electron chi connectivity index (χ2n) is 7.03. The van der Waals surface area contributed by atoms with Gasteiger partial charge in [-0.3, -0.25) is 14.8 Å². The van der Waals surface area contributed by atoms with Crippen LogP contribution in [0.2, 0.25) is 0 Å². The summed E-state index contributed by atoms with van der Waals surface area (Å²) in [5.41, 5.74) is 3.53. The highest BCUT2D eigenvalue weighted by atomic mass is 16.5. The normalized spacial score (nSPS) is 12.8. The number of nitrogens with one attached hydrogen (secondary N) is 2. The lowest BCUT2D eigenvalue weighted by atomic mass is 10.1. The third kappa shape index (κ3) is 6.20. The Morgan fingerprint density at radius 1 is 1.24 bits per heavy atom. The van der Waals surface area contributed by atoms with Crippen LogP contribution in [0, 0.1) is 0 Å². The van der Waals surface area contributed by atoms with E-state index in [1.165, 1.54) is 11.1 Å². The van der Waals surface area contributed by atoms with Gasteiger partial charge in [0, 0.05) is 51.9 Å². The molecular weight excluding hydrogens is 366 g/mol. The number of rotatable bonds is 8. The van der Waals surface area contributed by atoms with E-state index in [4.69, 9.17) is 4.74 Å². The fourth-order valence-electron chi connectivity index (χ4n) is 3.19. The molecule has 29 heavy (non-hydrogen) atoms. The fraction of sp³-hybridized carbons (Fsp3) is 0.409. The standard InChI is InChI=1S/C22H29N5O2/c1-23-22(25-12-8-17-6-7-20-18(15-17)10-14-29-20)26-16-21(28)27(2)13-9-19-5-3-4-11-24-19/h3-7,11,15H,8-10,12-14,16H2,1-2H3,(H2,23,25,26). The molecule has 7 heteroatoms. The summed E-state index contributed by atoms with van der Waals surface area (Å²) in [5, 5.41) is 6.35. The number of aliphatic imine (C=N–C) groups is 1. The second kappa shape index (κ2) is 10.5. The number of guanidine groups is 1. The van der Waals surface area contributed by atoms with Crippen LogP contribution in [0.1, 0.15) is 16.8 Å². The molecule has 1 aromatic carbocycles. The van der Waals surface area contributed by atoms with Gasteiger partial charge in [0.2, 0.25) is 5.91 Å². The Bertz CT molecular complexity index is 838. The molecule has 0 aliphatic carbocycles. The van der Waals surface area contributed by atoms with Crippen molar-refractivity contribution >= 4 is 11.9 Å². The number of benzene rings is 1. The van der Waals surface area contributed by atoms with E-state index in [9.17, 15) is 4.79 Å². The molecule has 154 valence electrons. The number of pyridine rings is 1. The summed E-state index contributed by atoms with van der Waals surface area (Å²) < 4.78 is 5.55. The van der Waals surface area contributed by atoms with Crippen LogP contribution in [0.4, 0.5) is 0 Å². The molecule has 0 saturated heterocycles. The van der Waals surface area contributed by atoms with Gasteiger partial charge < -0.3 is 20.3 Å². The van der Waals surface area contributed by atoms with E-state index >= 15 is 0 Å². The van der Waals surface area contributed by atoms with Crippen molar-refractivity contribution < 1.29 is 9.53 Å². The van der Waals surface area contributed by atoms with Crippen molar-refractivity contribution in [3.63, 3.8) is 0 Å². The third-order valence-electron chi connectivity index (χ3n) is 4.95. The third-order valence-corrected chi connectivity index (χ3v) is 4.95. The van der Waals surface area contributed by atoms with Crippen molar-refractivity contribution in [2.75, 3.05) is 40.3 Å². The van der Waals surface area contributed by atoms with Crippen molar-refractivity contribution in [3.8, 4) is 5.75 Å². The summed E-state index contributed by atoms with van der Waals surface area (Å²) in [4.78, 5) is 22.5. The minimum absolute atomic E-state index is 0.0162. The highest BCUT2D eigenvalue weighted by Crippen LogP contribution is 2.25. The highest BCUT2D eigenvalue weighted by Gasteiger charge is 2.12. The molecule has 0 fully saturated rings. The first kappa shape index (κ1) is 20.6.